The Morgan fingerprint density at radius 2 is 2.00 bits per heavy atom. The first-order valence-corrected chi connectivity index (χ1v) is 10.3. The fourth-order valence-electron chi connectivity index (χ4n) is 3.89. The van der Waals surface area contributed by atoms with Crippen molar-refractivity contribution < 1.29 is 4.79 Å². The highest BCUT2D eigenvalue weighted by Gasteiger charge is 2.27. The van der Waals surface area contributed by atoms with Gasteiger partial charge in [-0.25, -0.2) is 15.0 Å². The van der Waals surface area contributed by atoms with Crippen molar-refractivity contribution in [2.45, 2.75) is 40.0 Å². The maximum atomic E-state index is 12.9. The molecule has 29 heavy (non-hydrogen) atoms. The van der Waals surface area contributed by atoms with Crippen LogP contribution in [-0.4, -0.2) is 33.9 Å². The Hall–Kier alpha value is -3.02. The number of aryl methyl sites for hydroxylation is 3. The monoisotopic (exact) mass is 389 g/mol. The summed E-state index contributed by atoms with van der Waals surface area (Å²) in [6, 6.07) is 10.1. The van der Waals surface area contributed by atoms with Crippen LogP contribution in [0.5, 0.6) is 0 Å². The Bertz CT molecular complexity index is 1050. The highest BCUT2D eigenvalue weighted by molar-refractivity contribution is 5.93. The fraction of sp³-hybridized carbons (Fsp3) is 0.391. The van der Waals surface area contributed by atoms with Crippen LogP contribution in [0.25, 0.3) is 11.2 Å². The Kier molecular flexibility index (Phi) is 5.43. The lowest BCUT2D eigenvalue weighted by atomic mass is 9.96. The van der Waals surface area contributed by atoms with Gasteiger partial charge in [-0.05, 0) is 50.8 Å². The molecule has 1 amide bonds. The molecule has 0 aliphatic carbocycles. The van der Waals surface area contributed by atoms with Crippen LogP contribution in [0.4, 0.5) is 11.4 Å². The number of pyridine rings is 1. The van der Waals surface area contributed by atoms with Gasteiger partial charge in [-0.3, -0.25) is 4.79 Å². The summed E-state index contributed by atoms with van der Waals surface area (Å²) in [5.74, 6) is 0.0470. The maximum Gasteiger partial charge on any atom is 0.229 e. The predicted molar refractivity (Wildman–Crippen MR) is 116 cm³/mol. The molecule has 1 N–H and O–H groups in total. The van der Waals surface area contributed by atoms with Crippen LogP contribution in [0.15, 0.2) is 36.5 Å². The number of rotatable bonds is 4. The smallest absolute Gasteiger partial charge is 0.229 e. The maximum absolute atomic E-state index is 12.9. The van der Waals surface area contributed by atoms with Crippen molar-refractivity contribution in [3.63, 3.8) is 0 Å². The molecular formula is C23H27N5O. The van der Waals surface area contributed by atoms with E-state index in [-0.39, 0.29) is 11.8 Å². The van der Waals surface area contributed by atoms with E-state index in [1.807, 2.05) is 44.3 Å². The van der Waals surface area contributed by atoms with Crippen LogP contribution < -0.4 is 10.2 Å². The lowest BCUT2D eigenvalue weighted by molar-refractivity contribution is -0.120. The van der Waals surface area contributed by atoms with E-state index in [0.717, 1.165) is 59.7 Å². The van der Waals surface area contributed by atoms with Crippen molar-refractivity contribution in [1.82, 2.24) is 15.0 Å². The molecule has 0 bridgehead atoms. The number of amides is 1. The number of carbonyl (C=O) groups is 1. The lowest BCUT2D eigenvalue weighted by Gasteiger charge is -2.33. The predicted octanol–water partition coefficient (Wildman–Crippen LogP) is 4.06. The van der Waals surface area contributed by atoms with Gasteiger partial charge in [-0.15, -0.1) is 0 Å². The van der Waals surface area contributed by atoms with Gasteiger partial charge in [0, 0.05) is 18.8 Å². The van der Waals surface area contributed by atoms with E-state index in [1.165, 1.54) is 0 Å². The van der Waals surface area contributed by atoms with Crippen LogP contribution in [0.1, 0.15) is 36.7 Å². The zero-order valence-electron chi connectivity index (χ0n) is 17.3. The summed E-state index contributed by atoms with van der Waals surface area (Å²) in [4.78, 5) is 28.8. The SMILES string of the molecule is CCc1ccccc1NC(=O)[C@@H]1CCCN(c2cnc3nc(C)c(C)nc3c2)C1. The number of benzene rings is 1. The number of hydrogen-bond donors (Lipinski definition) is 1. The number of aromatic nitrogens is 3. The van der Waals surface area contributed by atoms with Crippen molar-refractivity contribution in [2.75, 3.05) is 23.3 Å². The summed E-state index contributed by atoms with van der Waals surface area (Å²) in [5, 5.41) is 3.14. The molecular weight excluding hydrogens is 362 g/mol. The molecule has 0 saturated carbocycles. The van der Waals surface area contributed by atoms with Crippen molar-refractivity contribution >= 4 is 28.4 Å². The second-order valence-corrected chi connectivity index (χ2v) is 7.72. The summed E-state index contributed by atoms with van der Waals surface area (Å²) in [6.45, 7) is 7.62. The molecule has 0 unspecified atom stereocenters. The molecule has 1 atom stereocenters. The average molecular weight is 390 g/mol. The highest BCUT2D eigenvalue weighted by atomic mass is 16.1. The quantitative estimate of drug-likeness (QED) is 0.729. The minimum absolute atomic E-state index is 0.0461. The highest BCUT2D eigenvalue weighted by Crippen LogP contribution is 2.26. The van der Waals surface area contributed by atoms with Crippen molar-refractivity contribution in [3.05, 3.63) is 53.5 Å². The van der Waals surface area contributed by atoms with Gasteiger partial charge in [0.05, 0.1) is 29.2 Å². The Balaban J connectivity index is 1.51. The van der Waals surface area contributed by atoms with Gasteiger partial charge in [-0.1, -0.05) is 25.1 Å². The third-order valence-electron chi connectivity index (χ3n) is 5.73. The second kappa shape index (κ2) is 8.15. The van der Waals surface area contributed by atoms with Crippen LogP contribution in [0.2, 0.25) is 0 Å². The minimum Gasteiger partial charge on any atom is -0.369 e. The summed E-state index contributed by atoms with van der Waals surface area (Å²) in [5.41, 5.74) is 6.37. The van der Waals surface area contributed by atoms with E-state index in [4.69, 9.17) is 0 Å². The molecule has 1 aliphatic rings. The fourth-order valence-corrected chi connectivity index (χ4v) is 3.89. The number of hydrogen-bond acceptors (Lipinski definition) is 5. The molecule has 0 radical (unpaired) electrons. The standard InChI is InChI=1S/C23H27N5O/c1-4-17-8-5-6-10-20(17)27-23(29)18-9-7-11-28(14-18)19-12-21-22(24-13-19)26-16(3)15(2)25-21/h5-6,8,10,12-13,18H,4,7,9,11,14H2,1-3H3,(H,27,29)/t18-/m1/s1. The molecule has 4 rings (SSSR count). The first-order chi connectivity index (χ1) is 14.0. The number of nitrogens with one attached hydrogen (secondary N) is 1. The molecule has 2 aromatic heterocycles. The molecule has 150 valence electrons. The van der Waals surface area contributed by atoms with Crippen LogP contribution >= 0.6 is 0 Å². The van der Waals surface area contributed by atoms with Gasteiger partial charge in [0.2, 0.25) is 5.91 Å². The number of carbonyl (C=O) groups excluding carboxylic acids is 1. The number of anilines is 2. The Labute approximate surface area is 171 Å². The molecule has 1 saturated heterocycles. The molecule has 1 aromatic carbocycles. The number of fused-ring (bicyclic) bond motifs is 1. The Morgan fingerprint density at radius 1 is 1.21 bits per heavy atom. The van der Waals surface area contributed by atoms with E-state index in [0.29, 0.717) is 12.2 Å². The van der Waals surface area contributed by atoms with E-state index >= 15 is 0 Å². The summed E-state index contributed by atoms with van der Waals surface area (Å²) < 4.78 is 0. The van der Waals surface area contributed by atoms with Crippen molar-refractivity contribution in [1.29, 1.82) is 0 Å². The normalized spacial score (nSPS) is 16.8. The first kappa shape index (κ1) is 19.3. The van der Waals surface area contributed by atoms with E-state index < -0.39 is 0 Å². The molecule has 3 aromatic rings. The van der Waals surface area contributed by atoms with Crippen LogP contribution in [0.3, 0.4) is 0 Å². The van der Waals surface area contributed by atoms with Gasteiger partial charge >= 0.3 is 0 Å². The topological polar surface area (TPSA) is 71.0 Å². The van der Waals surface area contributed by atoms with Gasteiger partial charge in [0.1, 0.15) is 5.52 Å². The van der Waals surface area contributed by atoms with Gasteiger partial charge in [0.25, 0.3) is 0 Å². The van der Waals surface area contributed by atoms with Crippen molar-refractivity contribution in [3.8, 4) is 0 Å². The number of nitrogens with zero attached hydrogens (tertiary/aromatic N) is 4. The van der Waals surface area contributed by atoms with Crippen molar-refractivity contribution in [2.24, 2.45) is 5.92 Å². The summed E-state index contributed by atoms with van der Waals surface area (Å²) in [7, 11) is 0. The third-order valence-corrected chi connectivity index (χ3v) is 5.73. The number of piperidine rings is 1. The molecule has 0 spiro atoms. The summed E-state index contributed by atoms with van der Waals surface area (Å²) >= 11 is 0. The molecule has 6 nitrogen and oxygen atoms in total. The third kappa shape index (κ3) is 4.06. The average Bonchev–Trinajstić information content (AvgIpc) is 2.74. The largest absolute Gasteiger partial charge is 0.369 e. The Morgan fingerprint density at radius 3 is 2.83 bits per heavy atom. The molecule has 1 fully saturated rings. The summed E-state index contributed by atoms with van der Waals surface area (Å²) in [6.07, 6.45) is 4.62. The van der Waals surface area contributed by atoms with E-state index in [1.54, 1.807) is 0 Å². The van der Waals surface area contributed by atoms with E-state index in [2.05, 4.69) is 38.2 Å². The van der Waals surface area contributed by atoms with E-state index in [9.17, 15) is 4.79 Å². The molecule has 6 heteroatoms. The number of para-hydroxylation sites is 1. The molecule has 1 aliphatic heterocycles. The second-order valence-electron chi connectivity index (χ2n) is 7.72. The van der Waals surface area contributed by atoms with Crippen LogP contribution in [-0.2, 0) is 11.2 Å². The molecule has 3 heterocycles. The first-order valence-electron chi connectivity index (χ1n) is 10.3. The minimum atomic E-state index is -0.0461. The van der Waals surface area contributed by atoms with Gasteiger partial charge in [-0.2, -0.15) is 0 Å². The van der Waals surface area contributed by atoms with Gasteiger partial charge in [0.15, 0.2) is 5.65 Å². The zero-order chi connectivity index (χ0) is 20.4. The van der Waals surface area contributed by atoms with Gasteiger partial charge < -0.3 is 10.2 Å². The van der Waals surface area contributed by atoms with Crippen LogP contribution in [0, 0.1) is 19.8 Å². The zero-order valence-corrected chi connectivity index (χ0v) is 17.3. The lowest BCUT2D eigenvalue weighted by Crippen LogP contribution is -2.40.